The van der Waals surface area contributed by atoms with Crippen molar-refractivity contribution in [3.63, 3.8) is 0 Å². The van der Waals surface area contributed by atoms with Gasteiger partial charge in [-0.25, -0.2) is 4.98 Å². The Morgan fingerprint density at radius 1 is 1.16 bits per heavy atom. The Morgan fingerprint density at radius 2 is 1.88 bits per heavy atom. The van der Waals surface area contributed by atoms with E-state index >= 15 is 0 Å². The number of aryl methyl sites for hydroxylation is 2. The fourth-order valence-electron chi connectivity index (χ4n) is 3.20. The van der Waals surface area contributed by atoms with Crippen molar-refractivity contribution in [3.05, 3.63) is 35.7 Å². The highest BCUT2D eigenvalue weighted by Gasteiger charge is 2.20. The Balaban J connectivity index is 2.33. The van der Waals surface area contributed by atoms with E-state index in [1.165, 1.54) is 0 Å². The van der Waals surface area contributed by atoms with Gasteiger partial charge in [0, 0.05) is 36.5 Å². The van der Waals surface area contributed by atoms with Gasteiger partial charge in [0.05, 0.1) is 18.4 Å². The van der Waals surface area contributed by atoms with Gasteiger partial charge in [-0.2, -0.15) is 9.61 Å². The molecule has 25 heavy (non-hydrogen) atoms. The van der Waals surface area contributed by atoms with Gasteiger partial charge >= 0.3 is 0 Å². The van der Waals surface area contributed by atoms with Crippen molar-refractivity contribution in [1.82, 2.24) is 14.6 Å². The fourth-order valence-corrected chi connectivity index (χ4v) is 3.20. The van der Waals surface area contributed by atoms with Crippen LogP contribution >= 0.6 is 0 Å². The smallest absolute Gasteiger partial charge is 0.165 e. The van der Waals surface area contributed by atoms with Crippen LogP contribution in [0, 0.1) is 13.8 Å². The van der Waals surface area contributed by atoms with E-state index in [1.54, 1.807) is 19.2 Å². The number of ether oxygens (including phenoxy) is 1. The zero-order chi connectivity index (χ0) is 18.1. The van der Waals surface area contributed by atoms with Gasteiger partial charge < -0.3 is 14.7 Å². The quantitative estimate of drug-likeness (QED) is 0.769. The van der Waals surface area contributed by atoms with Crippen molar-refractivity contribution >= 4 is 11.5 Å². The Morgan fingerprint density at radius 3 is 2.52 bits per heavy atom. The molecule has 0 aliphatic rings. The van der Waals surface area contributed by atoms with Crippen LogP contribution < -0.4 is 9.64 Å². The number of nitrogens with zero attached hydrogens (tertiary/aromatic N) is 4. The summed E-state index contributed by atoms with van der Waals surface area (Å²) in [6.45, 7) is 10.0. The number of aromatic hydroxyl groups is 1. The second-order valence-corrected chi connectivity index (χ2v) is 6.01. The maximum atomic E-state index is 9.75. The van der Waals surface area contributed by atoms with Crippen LogP contribution in [0.3, 0.4) is 0 Å². The average molecular weight is 340 g/mol. The third-order valence-corrected chi connectivity index (χ3v) is 4.42. The molecule has 0 aliphatic heterocycles. The number of phenols is 1. The monoisotopic (exact) mass is 340 g/mol. The van der Waals surface area contributed by atoms with E-state index in [1.807, 2.05) is 24.4 Å². The third-order valence-electron chi connectivity index (χ3n) is 4.42. The number of fused-ring (bicyclic) bond motifs is 1. The van der Waals surface area contributed by atoms with Crippen molar-refractivity contribution in [2.75, 3.05) is 25.1 Å². The van der Waals surface area contributed by atoms with Gasteiger partial charge in [0.2, 0.25) is 0 Å². The molecule has 0 unspecified atom stereocenters. The highest BCUT2D eigenvalue weighted by atomic mass is 16.5. The predicted molar refractivity (Wildman–Crippen MR) is 99.7 cm³/mol. The molecular weight excluding hydrogens is 316 g/mol. The lowest BCUT2D eigenvalue weighted by atomic mass is 10.0. The predicted octanol–water partition coefficient (Wildman–Crippen LogP) is 3.57. The molecule has 0 atom stereocenters. The molecule has 2 aromatic heterocycles. The number of methoxy groups -OCH3 is 1. The fraction of sp³-hybridized carbons (Fsp3) is 0.368. The summed E-state index contributed by atoms with van der Waals surface area (Å²) < 4.78 is 7.37. The minimum absolute atomic E-state index is 0.169. The number of benzene rings is 1. The maximum absolute atomic E-state index is 9.75. The van der Waals surface area contributed by atoms with Gasteiger partial charge in [-0.3, -0.25) is 0 Å². The Labute approximate surface area is 147 Å². The SMILES string of the molecule is CCN(CC)c1cc(C)nc2c(-c3ccc(O)cc3OC)c(C)nn12. The highest BCUT2D eigenvalue weighted by molar-refractivity contribution is 5.85. The lowest BCUT2D eigenvalue weighted by Crippen LogP contribution is -2.25. The number of rotatable bonds is 5. The minimum Gasteiger partial charge on any atom is -0.508 e. The topological polar surface area (TPSA) is 62.9 Å². The van der Waals surface area contributed by atoms with Gasteiger partial charge in [0.15, 0.2) is 5.65 Å². The second-order valence-electron chi connectivity index (χ2n) is 6.01. The molecule has 1 aromatic carbocycles. The molecular formula is C19H24N4O2. The van der Waals surface area contributed by atoms with Crippen LogP contribution in [-0.4, -0.2) is 39.9 Å². The number of phenolic OH excluding ortho intramolecular Hbond substituents is 1. The molecule has 2 heterocycles. The first-order valence-electron chi connectivity index (χ1n) is 8.49. The summed E-state index contributed by atoms with van der Waals surface area (Å²) in [5.41, 5.74) is 4.40. The summed E-state index contributed by atoms with van der Waals surface area (Å²) in [5, 5.41) is 14.5. The molecule has 6 nitrogen and oxygen atoms in total. The van der Waals surface area contributed by atoms with Gasteiger partial charge in [-0.05, 0) is 39.8 Å². The second kappa shape index (κ2) is 6.63. The van der Waals surface area contributed by atoms with Crippen molar-refractivity contribution in [2.24, 2.45) is 0 Å². The standard InChI is InChI=1S/C19H24N4O2/c1-6-22(7-2)17-10-12(3)20-19-18(13(4)21-23(17)19)15-9-8-14(24)11-16(15)25-5/h8-11,24H,6-7H2,1-5H3. The Kier molecular flexibility index (Phi) is 4.53. The maximum Gasteiger partial charge on any atom is 0.165 e. The van der Waals surface area contributed by atoms with E-state index in [2.05, 4.69) is 24.8 Å². The van der Waals surface area contributed by atoms with Crippen LogP contribution in [0.4, 0.5) is 5.82 Å². The van der Waals surface area contributed by atoms with Gasteiger partial charge in [0.25, 0.3) is 0 Å². The average Bonchev–Trinajstić information content (AvgIpc) is 2.91. The first-order chi connectivity index (χ1) is 12.0. The van der Waals surface area contributed by atoms with E-state index in [0.29, 0.717) is 5.75 Å². The molecule has 0 saturated carbocycles. The molecule has 0 spiro atoms. The van der Waals surface area contributed by atoms with Crippen LogP contribution in [0.25, 0.3) is 16.8 Å². The number of anilines is 1. The molecule has 0 saturated heterocycles. The summed E-state index contributed by atoms with van der Waals surface area (Å²) in [4.78, 5) is 6.99. The van der Waals surface area contributed by atoms with E-state index in [4.69, 9.17) is 14.8 Å². The highest BCUT2D eigenvalue weighted by Crippen LogP contribution is 2.37. The summed E-state index contributed by atoms with van der Waals surface area (Å²) >= 11 is 0. The van der Waals surface area contributed by atoms with Crippen molar-refractivity contribution in [1.29, 1.82) is 0 Å². The number of aromatic nitrogens is 3. The lowest BCUT2D eigenvalue weighted by molar-refractivity contribution is 0.409. The van der Waals surface area contributed by atoms with Crippen molar-refractivity contribution in [2.45, 2.75) is 27.7 Å². The van der Waals surface area contributed by atoms with E-state index < -0.39 is 0 Å². The lowest BCUT2D eigenvalue weighted by Gasteiger charge is -2.22. The zero-order valence-corrected chi connectivity index (χ0v) is 15.4. The number of hydrogen-bond acceptors (Lipinski definition) is 5. The molecule has 6 heteroatoms. The number of hydrogen-bond donors (Lipinski definition) is 1. The van der Waals surface area contributed by atoms with E-state index in [9.17, 15) is 5.11 Å². The largest absolute Gasteiger partial charge is 0.508 e. The third kappa shape index (κ3) is 2.88. The zero-order valence-electron chi connectivity index (χ0n) is 15.4. The van der Waals surface area contributed by atoms with E-state index in [0.717, 1.165) is 47.1 Å². The normalized spacial score (nSPS) is 11.1. The summed E-state index contributed by atoms with van der Waals surface area (Å²) in [5.74, 6) is 1.80. The van der Waals surface area contributed by atoms with Crippen molar-refractivity contribution in [3.8, 4) is 22.6 Å². The van der Waals surface area contributed by atoms with Gasteiger partial charge in [-0.1, -0.05) is 0 Å². The Hall–Kier alpha value is -2.76. The van der Waals surface area contributed by atoms with Crippen molar-refractivity contribution < 1.29 is 9.84 Å². The molecule has 0 amide bonds. The van der Waals surface area contributed by atoms with Gasteiger partial charge in [-0.15, -0.1) is 0 Å². The Bertz CT molecular complexity index is 913. The molecule has 0 aliphatic carbocycles. The van der Waals surface area contributed by atoms with E-state index in [-0.39, 0.29) is 5.75 Å². The first kappa shape index (κ1) is 17.1. The summed E-state index contributed by atoms with van der Waals surface area (Å²) in [6, 6.07) is 7.17. The van der Waals surface area contributed by atoms with Crippen LogP contribution in [0.15, 0.2) is 24.3 Å². The molecule has 3 rings (SSSR count). The molecule has 132 valence electrons. The summed E-state index contributed by atoms with van der Waals surface area (Å²) in [7, 11) is 1.60. The first-order valence-corrected chi connectivity index (χ1v) is 8.49. The van der Waals surface area contributed by atoms with Crippen LogP contribution in [0.5, 0.6) is 11.5 Å². The molecule has 0 radical (unpaired) electrons. The molecule has 1 N–H and O–H groups in total. The van der Waals surface area contributed by atoms with Crippen LogP contribution in [-0.2, 0) is 0 Å². The molecule has 0 fully saturated rings. The molecule has 3 aromatic rings. The van der Waals surface area contributed by atoms with Crippen LogP contribution in [0.2, 0.25) is 0 Å². The van der Waals surface area contributed by atoms with Gasteiger partial charge in [0.1, 0.15) is 17.3 Å². The summed E-state index contributed by atoms with van der Waals surface area (Å²) in [6.07, 6.45) is 0. The molecule has 0 bridgehead atoms. The minimum atomic E-state index is 0.169. The van der Waals surface area contributed by atoms with Crippen LogP contribution in [0.1, 0.15) is 25.2 Å².